The summed E-state index contributed by atoms with van der Waals surface area (Å²) >= 11 is 1.72. The lowest BCUT2D eigenvalue weighted by Crippen LogP contribution is -1.82. The predicted molar refractivity (Wildman–Crippen MR) is 80.3 cm³/mol. The highest BCUT2D eigenvalue weighted by molar-refractivity contribution is 7.15. The maximum atomic E-state index is 4.76. The molecular weight excluding hydrogens is 252 g/mol. The summed E-state index contributed by atoms with van der Waals surface area (Å²) in [5.74, 6) is 0. The quantitative estimate of drug-likeness (QED) is 0.683. The van der Waals surface area contributed by atoms with Crippen molar-refractivity contribution in [1.29, 1.82) is 0 Å². The van der Waals surface area contributed by atoms with Gasteiger partial charge >= 0.3 is 0 Å². The summed E-state index contributed by atoms with van der Waals surface area (Å²) in [6, 6.07) is 12.5. The third-order valence-corrected chi connectivity index (χ3v) is 4.05. The Labute approximate surface area is 116 Å². The molecule has 94 valence electrons. The Hall–Kier alpha value is -2.00. The Balaban J connectivity index is 2.05. The summed E-state index contributed by atoms with van der Waals surface area (Å²) in [6.45, 7) is 4.21. The van der Waals surface area contributed by atoms with Crippen molar-refractivity contribution in [2.75, 3.05) is 0 Å². The highest BCUT2D eigenvalue weighted by atomic mass is 32.1. The molecule has 0 atom stereocenters. The van der Waals surface area contributed by atoms with Crippen LogP contribution in [0.1, 0.15) is 10.4 Å². The molecule has 0 fully saturated rings. The number of thiazole rings is 1. The minimum absolute atomic E-state index is 1.03. The van der Waals surface area contributed by atoms with Gasteiger partial charge in [0, 0.05) is 28.4 Å². The summed E-state index contributed by atoms with van der Waals surface area (Å²) in [4.78, 5) is 10.1. The second kappa shape index (κ2) is 4.94. The van der Waals surface area contributed by atoms with Crippen molar-refractivity contribution in [3.63, 3.8) is 0 Å². The van der Waals surface area contributed by atoms with Crippen molar-refractivity contribution in [3.8, 4) is 21.8 Å². The second-order valence-electron chi connectivity index (χ2n) is 4.53. The molecule has 0 unspecified atom stereocenters. The van der Waals surface area contributed by atoms with Gasteiger partial charge in [-0.25, -0.2) is 4.98 Å². The van der Waals surface area contributed by atoms with E-state index in [1.807, 2.05) is 18.3 Å². The van der Waals surface area contributed by atoms with E-state index in [4.69, 9.17) is 4.98 Å². The molecule has 1 aromatic carbocycles. The summed E-state index contributed by atoms with van der Waals surface area (Å²) in [5.41, 5.74) is 4.59. The van der Waals surface area contributed by atoms with Gasteiger partial charge in [0.2, 0.25) is 0 Å². The molecule has 2 aromatic heterocycles. The fourth-order valence-electron chi connectivity index (χ4n) is 1.99. The Morgan fingerprint density at radius 3 is 2.42 bits per heavy atom. The molecule has 2 heterocycles. The van der Waals surface area contributed by atoms with Gasteiger partial charge in [-0.2, -0.15) is 0 Å². The van der Waals surface area contributed by atoms with Gasteiger partial charge in [-0.15, -0.1) is 11.3 Å². The molecule has 19 heavy (non-hydrogen) atoms. The van der Waals surface area contributed by atoms with E-state index in [1.165, 1.54) is 16.0 Å². The number of hydrogen-bond acceptors (Lipinski definition) is 3. The van der Waals surface area contributed by atoms with Gasteiger partial charge in [-0.05, 0) is 26.0 Å². The lowest BCUT2D eigenvalue weighted by atomic mass is 10.1. The standard InChI is InChI=1S/C16H14N2S/c1-11-5-7-13(8-6-11)15-12(2)19-16(18-15)14-4-3-9-17-10-14/h3-10H,1-2H3. The zero-order chi connectivity index (χ0) is 13.2. The SMILES string of the molecule is Cc1ccc(-c2nc(-c3cccnc3)sc2C)cc1. The molecule has 0 amide bonds. The van der Waals surface area contributed by atoms with Crippen LogP contribution in [0.4, 0.5) is 0 Å². The van der Waals surface area contributed by atoms with Crippen LogP contribution in [-0.2, 0) is 0 Å². The van der Waals surface area contributed by atoms with Crippen LogP contribution in [0.25, 0.3) is 21.8 Å². The molecule has 0 bridgehead atoms. The van der Waals surface area contributed by atoms with E-state index in [2.05, 4.69) is 43.1 Å². The van der Waals surface area contributed by atoms with E-state index in [9.17, 15) is 0 Å². The Morgan fingerprint density at radius 1 is 0.947 bits per heavy atom. The highest BCUT2D eigenvalue weighted by Crippen LogP contribution is 2.32. The van der Waals surface area contributed by atoms with Gasteiger partial charge < -0.3 is 0 Å². The maximum Gasteiger partial charge on any atom is 0.125 e. The van der Waals surface area contributed by atoms with Gasteiger partial charge in [-0.3, -0.25) is 4.98 Å². The lowest BCUT2D eigenvalue weighted by Gasteiger charge is -1.99. The minimum Gasteiger partial charge on any atom is -0.264 e. The van der Waals surface area contributed by atoms with E-state index < -0.39 is 0 Å². The van der Waals surface area contributed by atoms with Crippen molar-refractivity contribution in [2.24, 2.45) is 0 Å². The van der Waals surface area contributed by atoms with Gasteiger partial charge in [0.05, 0.1) is 5.69 Å². The molecule has 0 spiro atoms. The van der Waals surface area contributed by atoms with Crippen LogP contribution in [-0.4, -0.2) is 9.97 Å². The average Bonchev–Trinajstić information content (AvgIpc) is 2.83. The molecule has 0 N–H and O–H groups in total. The third-order valence-electron chi connectivity index (χ3n) is 3.03. The number of pyridine rings is 1. The molecular formula is C16H14N2S. The zero-order valence-electron chi connectivity index (χ0n) is 10.9. The predicted octanol–water partition coefficient (Wildman–Crippen LogP) is 4.49. The van der Waals surface area contributed by atoms with Crippen LogP contribution >= 0.6 is 11.3 Å². The van der Waals surface area contributed by atoms with Crippen LogP contribution in [0, 0.1) is 13.8 Å². The third kappa shape index (κ3) is 2.42. The average molecular weight is 266 g/mol. The highest BCUT2D eigenvalue weighted by Gasteiger charge is 2.11. The van der Waals surface area contributed by atoms with Crippen LogP contribution in [0.3, 0.4) is 0 Å². The first-order chi connectivity index (χ1) is 9.24. The van der Waals surface area contributed by atoms with Gasteiger partial charge in [0.1, 0.15) is 5.01 Å². The molecule has 0 radical (unpaired) electrons. The molecule has 3 aromatic rings. The first-order valence-electron chi connectivity index (χ1n) is 6.19. The number of aromatic nitrogens is 2. The molecule has 0 aliphatic rings. The zero-order valence-corrected chi connectivity index (χ0v) is 11.7. The minimum atomic E-state index is 1.03. The van der Waals surface area contributed by atoms with Gasteiger partial charge in [0.15, 0.2) is 0 Å². The summed E-state index contributed by atoms with van der Waals surface area (Å²) in [6.07, 6.45) is 3.64. The number of hydrogen-bond donors (Lipinski definition) is 0. The van der Waals surface area contributed by atoms with Crippen molar-refractivity contribution < 1.29 is 0 Å². The lowest BCUT2D eigenvalue weighted by molar-refractivity contribution is 1.31. The van der Waals surface area contributed by atoms with Crippen molar-refractivity contribution >= 4 is 11.3 Å². The van der Waals surface area contributed by atoms with E-state index in [1.54, 1.807) is 17.5 Å². The smallest absolute Gasteiger partial charge is 0.125 e. The number of aryl methyl sites for hydroxylation is 2. The molecule has 0 aliphatic carbocycles. The maximum absolute atomic E-state index is 4.76. The van der Waals surface area contributed by atoms with Crippen molar-refractivity contribution in [3.05, 3.63) is 59.2 Å². The molecule has 3 heteroatoms. The number of nitrogens with zero attached hydrogens (tertiary/aromatic N) is 2. The molecule has 0 aliphatic heterocycles. The fraction of sp³-hybridized carbons (Fsp3) is 0.125. The van der Waals surface area contributed by atoms with Crippen LogP contribution < -0.4 is 0 Å². The summed E-state index contributed by atoms with van der Waals surface area (Å²) < 4.78 is 0. The van der Waals surface area contributed by atoms with Crippen LogP contribution in [0.5, 0.6) is 0 Å². The normalized spacial score (nSPS) is 10.6. The first kappa shape index (κ1) is 12.1. The topological polar surface area (TPSA) is 25.8 Å². The Morgan fingerprint density at radius 2 is 1.74 bits per heavy atom. The first-order valence-corrected chi connectivity index (χ1v) is 7.00. The number of rotatable bonds is 2. The molecule has 0 saturated carbocycles. The molecule has 2 nitrogen and oxygen atoms in total. The van der Waals surface area contributed by atoms with E-state index in [0.717, 1.165) is 16.3 Å². The fourth-order valence-corrected chi connectivity index (χ4v) is 2.91. The van der Waals surface area contributed by atoms with E-state index in [-0.39, 0.29) is 0 Å². The van der Waals surface area contributed by atoms with Crippen molar-refractivity contribution in [1.82, 2.24) is 9.97 Å². The Kier molecular flexibility index (Phi) is 3.13. The van der Waals surface area contributed by atoms with E-state index in [0.29, 0.717) is 0 Å². The Bertz CT molecular complexity index is 685. The summed E-state index contributed by atoms with van der Waals surface area (Å²) in [5, 5.41) is 1.03. The van der Waals surface area contributed by atoms with Gasteiger partial charge in [0.25, 0.3) is 0 Å². The van der Waals surface area contributed by atoms with Crippen LogP contribution in [0.2, 0.25) is 0 Å². The van der Waals surface area contributed by atoms with Crippen LogP contribution in [0.15, 0.2) is 48.8 Å². The summed E-state index contributed by atoms with van der Waals surface area (Å²) in [7, 11) is 0. The monoisotopic (exact) mass is 266 g/mol. The number of benzene rings is 1. The van der Waals surface area contributed by atoms with E-state index >= 15 is 0 Å². The second-order valence-corrected chi connectivity index (χ2v) is 5.73. The van der Waals surface area contributed by atoms with Crippen molar-refractivity contribution in [2.45, 2.75) is 13.8 Å². The molecule has 3 rings (SSSR count). The molecule has 0 saturated heterocycles. The largest absolute Gasteiger partial charge is 0.264 e. The van der Waals surface area contributed by atoms with Gasteiger partial charge in [-0.1, -0.05) is 29.8 Å².